The number of para-hydroxylation sites is 1. The van der Waals surface area contributed by atoms with E-state index < -0.39 is 0 Å². The van der Waals surface area contributed by atoms with Crippen molar-refractivity contribution in [3.8, 4) is 6.07 Å². The van der Waals surface area contributed by atoms with E-state index in [1.54, 1.807) is 4.90 Å². The Hall–Kier alpha value is -3.07. The number of nitriles is 1. The molecule has 0 atom stereocenters. The van der Waals surface area contributed by atoms with Crippen molar-refractivity contribution in [2.75, 3.05) is 16.8 Å². The molecule has 1 fully saturated rings. The van der Waals surface area contributed by atoms with Crippen molar-refractivity contribution >= 4 is 23.2 Å². The minimum absolute atomic E-state index is 0.0189. The number of nitrogens with one attached hydrogen (secondary N) is 1. The maximum Gasteiger partial charge on any atom is 0.274 e. The Morgan fingerprint density at radius 1 is 1.12 bits per heavy atom. The average molecular weight is 334 g/mol. The number of fused-ring (bicyclic) bond motifs is 1. The molecule has 0 saturated carbocycles. The molecule has 4 rings (SSSR count). The topological polar surface area (TPSA) is 78.1 Å². The summed E-state index contributed by atoms with van der Waals surface area (Å²) in [5, 5.41) is 12.6. The molecule has 0 spiro atoms. The predicted octanol–water partition coefficient (Wildman–Crippen LogP) is 2.69. The number of carbonyl (C=O) groups is 2. The molecule has 0 aliphatic carbocycles. The van der Waals surface area contributed by atoms with E-state index in [2.05, 4.69) is 11.4 Å². The van der Waals surface area contributed by atoms with Crippen LogP contribution < -0.4 is 10.2 Å². The Labute approximate surface area is 145 Å². The third kappa shape index (κ3) is 2.49. The first-order valence-electron chi connectivity index (χ1n) is 8.53. The lowest BCUT2D eigenvalue weighted by molar-refractivity contribution is -0.117. The Morgan fingerprint density at radius 2 is 1.88 bits per heavy atom. The molecule has 1 aromatic heterocycles. The molecule has 0 unspecified atom stereocenters. The lowest BCUT2D eigenvalue weighted by Gasteiger charge is -2.18. The number of aromatic nitrogens is 1. The molecule has 2 aliphatic heterocycles. The molecule has 1 aromatic carbocycles. The van der Waals surface area contributed by atoms with Crippen molar-refractivity contribution in [1.82, 2.24) is 4.57 Å². The van der Waals surface area contributed by atoms with Gasteiger partial charge in [0.15, 0.2) is 0 Å². The van der Waals surface area contributed by atoms with Crippen LogP contribution in [0.2, 0.25) is 0 Å². The van der Waals surface area contributed by atoms with Gasteiger partial charge in [-0.25, -0.2) is 0 Å². The van der Waals surface area contributed by atoms with E-state index in [1.165, 1.54) is 0 Å². The molecule has 0 radical (unpaired) electrons. The second-order valence-electron chi connectivity index (χ2n) is 6.35. The van der Waals surface area contributed by atoms with Gasteiger partial charge >= 0.3 is 0 Å². The second kappa shape index (κ2) is 6.10. The fourth-order valence-corrected chi connectivity index (χ4v) is 3.77. The Kier molecular flexibility index (Phi) is 3.77. The summed E-state index contributed by atoms with van der Waals surface area (Å²) in [6.45, 7) is 1.26. The maximum atomic E-state index is 13.0. The molecule has 3 heterocycles. The van der Waals surface area contributed by atoms with E-state index in [0.29, 0.717) is 42.1 Å². The number of hydrogen-bond acceptors (Lipinski definition) is 3. The largest absolute Gasteiger partial charge is 0.337 e. The van der Waals surface area contributed by atoms with Crippen molar-refractivity contribution in [3.05, 3.63) is 47.3 Å². The molecule has 1 N–H and O–H groups in total. The summed E-state index contributed by atoms with van der Waals surface area (Å²) in [5.41, 5.74) is 2.97. The molecule has 6 heteroatoms. The van der Waals surface area contributed by atoms with Crippen LogP contribution in [0.4, 0.5) is 11.4 Å². The van der Waals surface area contributed by atoms with Crippen LogP contribution in [-0.4, -0.2) is 22.9 Å². The first-order valence-corrected chi connectivity index (χ1v) is 8.53. The van der Waals surface area contributed by atoms with Gasteiger partial charge in [0.2, 0.25) is 5.91 Å². The van der Waals surface area contributed by atoms with Crippen molar-refractivity contribution in [1.29, 1.82) is 5.26 Å². The minimum atomic E-state index is -0.273. The quantitative estimate of drug-likeness (QED) is 0.937. The Bertz CT molecular complexity index is 892. The van der Waals surface area contributed by atoms with Gasteiger partial charge in [-0.1, -0.05) is 18.2 Å². The number of benzene rings is 1. The van der Waals surface area contributed by atoms with Gasteiger partial charge in [0.05, 0.1) is 11.3 Å². The molecule has 6 nitrogen and oxygen atoms in total. The van der Waals surface area contributed by atoms with Crippen LogP contribution in [0.15, 0.2) is 30.3 Å². The van der Waals surface area contributed by atoms with Crippen LogP contribution in [-0.2, 0) is 17.8 Å². The van der Waals surface area contributed by atoms with Gasteiger partial charge in [-0.15, -0.1) is 0 Å². The fraction of sp³-hybridized carbons (Fsp3) is 0.316. The smallest absolute Gasteiger partial charge is 0.274 e. The summed E-state index contributed by atoms with van der Waals surface area (Å²) in [5.74, 6) is -0.292. The average Bonchev–Trinajstić information content (AvgIpc) is 3.30. The third-order valence-corrected chi connectivity index (χ3v) is 4.84. The number of nitrogens with zero attached hydrogens (tertiary/aromatic N) is 3. The first kappa shape index (κ1) is 15.5. The second-order valence-corrected chi connectivity index (χ2v) is 6.35. The van der Waals surface area contributed by atoms with Crippen molar-refractivity contribution in [2.24, 2.45) is 0 Å². The van der Waals surface area contributed by atoms with Crippen LogP contribution in [0.25, 0.3) is 0 Å². The lowest BCUT2D eigenvalue weighted by Crippen LogP contribution is -2.28. The van der Waals surface area contributed by atoms with Crippen LogP contribution in [0.1, 0.15) is 41.0 Å². The van der Waals surface area contributed by atoms with Crippen molar-refractivity contribution < 1.29 is 9.59 Å². The van der Waals surface area contributed by atoms with Gasteiger partial charge in [-0.3, -0.25) is 9.59 Å². The van der Waals surface area contributed by atoms with Gasteiger partial charge in [-0.05, 0) is 31.4 Å². The standard InChI is InChI=1S/C19H18N4O2/c20-12-14-15-8-4-10-22(15)18(17(14)23-11-5-9-16(23)24)19(25)21-13-6-2-1-3-7-13/h1-3,6-7H,4-5,8-11H2,(H,21,25). The zero-order chi connectivity index (χ0) is 17.4. The first-order chi connectivity index (χ1) is 12.2. The highest BCUT2D eigenvalue weighted by atomic mass is 16.2. The summed E-state index contributed by atoms with van der Waals surface area (Å²) >= 11 is 0. The van der Waals surface area contributed by atoms with Crippen LogP contribution in [0, 0.1) is 11.3 Å². The summed E-state index contributed by atoms with van der Waals surface area (Å²) < 4.78 is 1.91. The monoisotopic (exact) mass is 334 g/mol. The van der Waals surface area contributed by atoms with Crippen molar-refractivity contribution in [3.63, 3.8) is 0 Å². The van der Waals surface area contributed by atoms with E-state index in [4.69, 9.17) is 0 Å². The highest BCUT2D eigenvalue weighted by molar-refractivity contribution is 6.11. The van der Waals surface area contributed by atoms with E-state index in [-0.39, 0.29) is 11.8 Å². The maximum absolute atomic E-state index is 13.0. The van der Waals surface area contributed by atoms with E-state index in [1.807, 2.05) is 34.9 Å². The molecular weight excluding hydrogens is 316 g/mol. The Morgan fingerprint density at radius 3 is 2.56 bits per heavy atom. The molecule has 25 heavy (non-hydrogen) atoms. The summed E-state index contributed by atoms with van der Waals surface area (Å²) in [6, 6.07) is 11.5. The highest BCUT2D eigenvalue weighted by Crippen LogP contribution is 2.37. The molecule has 0 bridgehead atoms. The van der Waals surface area contributed by atoms with Crippen LogP contribution in [0.5, 0.6) is 0 Å². The highest BCUT2D eigenvalue weighted by Gasteiger charge is 2.36. The zero-order valence-corrected chi connectivity index (χ0v) is 13.8. The summed E-state index contributed by atoms with van der Waals surface area (Å²) in [7, 11) is 0. The summed E-state index contributed by atoms with van der Waals surface area (Å²) in [4.78, 5) is 26.9. The molecular formula is C19H18N4O2. The number of carbonyl (C=O) groups excluding carboxylic acids is 2. The predicted molar refractivity (Wildman–Crippen MR) is 93.5 cm³/mol. The molecule has 2 aliphatic rings. The molecule has 2 aromatic rings. The van der Waals surface area contributed by atoms with Gasteiger partial charge in [0.25, 0.3) is 5.91 Å². The van der Waals surface area contributed by atoms with Crippen LogP contribution >= 0.6 is 0 Å². The van der Waals surface area contributed by atoms with Gasteiger partial charge in [0.1, 0.15) is 11.8 Å². The molecule has 126 valence electrons. The van der Waals surface area contributed by atoms with Crippen molar-refractivity contribution in [2.45, 2.75) is 32.2 Å². The van der Waals surface area contributed by atoms with E-state index >= 15 is 0 Å². The molecule has 1 saturated heterocycles. The number of hydrogen-bond donors (Lipinski definition) is 1. The SMILES string of the molecule is N#Cc1c(N2CCCC2=O)c(C(=O)Nc2ccccc2)n2c1CCC2. The normalized spacial score (nSPS) is 16.0. The summed E-state index contributed by atoms with van der Waals surface area (Å²) in [6.07, 6.45) is 2.88. The van der Waals surface area contributed by atoms with E-state index in [0.717, 1.165) is 25.0 Å². The molecule has 2 amide bonds. The van der Waals surface area contributed by atoms with Crippen LogP contribution in [0.3, 0.4) is 0 Å². The zero-order valence-electron chi connectivity index (χ0n) is 13.8. The minimum Gasteiger partial charge on any atom is -0.337 e. The fourth-order valence-electron chi connectivity index (χ4n) is 3.77. The number of amides is 2. The van der Waals surface area contributed by atoms with E-state index in [9.17, 15) is 14.9 Å². The lowest BCUT2D eigenvalue weighted by atomic mass is 10.1. The Balaban J connectivity index is 1.82. The third-order valence-electron chi connectivity index (χ3n) is 4.84. The van der Waals surface area contributed by atoms with Gasteiger partial charge < -0.3 is 14.8 Å². The number of anilines is 2. The van der Waals surface area contributed by atoms with Gasteiger partial charge in [0, 0.05) is 30.9 Å². The van der Waals surface area contributed by atoms with Gasteiger partial charge in [-0.2, -0.15) is 5.26 Å². The number of rotatable bonds is 3.